The summed E-state index contributed by atoms with van der Waals surface area (Å²) in [5, 5.41) is 5.39. The summed E-state index contributed by atoms with van der Waals surface area (Å²) < 4.78 is 0. The van der Waals surface area contributed by atoms with E-state index in [-0.39, 0.29) is 0 Å². The zero-order chi connectivity index (χ0) is 7.40. The molecule has 0 aromatic heterocycles. The van der Waals surface area contributed by atoms with Crippen LogP contribution in [0.2, 0.25) is 0 Å². The third kappa shape index (κ3) is 1.75. The van der Waals surface area contributed by atoms with Gasteiger partial charge in [0.15, 0.2) is 0 Å². The predicted octanol–water partition coefficient (Wildman–Crippen LogP) is 2.21. The second kappa shape index (κ2) is 3.64. The smallest absolute Gasteiger partial charge is 0.0228 e. The first kappa shape index (κ1) is 7.63. The third-order valence-electron chi connectivity index (χ3n) is 1.44. The highest BCUT2D eigenvalue weighted by Crippen LogP contribution is 2.13. The molecule has 54 valence electrons. The number of hydrogen-bond acceptors (Lipinski definition) is 2. The lowest BCUT2D eigenvalue weighted by molar-refractivity contribution is 1.12. The predicted molar refractivity (Wildman–Crippen MR) is 45.9 cm³/mol. The lowest BCUT2D eigenvalue weighted by atomic mass is 10.2. The molecular formula is C8H11NS. The summed E-state index contributed by atoms with van der Waals surface area (Å²) in [6.45, 7) is 2.14. The van der Waals surface area contributed by atoms with Gasteiger partial charge in [0.2, 0.25) is 0 Å². The van der Waals surface area contributed by atoms with E-state index in [0.29, 0.717) is 0 Å². The Bertz CT molecular complexity index is 191. The summed E-state index contributed by atoms with van der Waals surface area (Å²) in [4.78, 5) is 1.14. The van der Waals surface area contributed by atoms with Crippen molar-refractivity contribution in [2.24, 2.45) is 5.14 Å². The van der Waals surface area contributed by atoms with Crippen LogP contribution in [0.15, 0.2) is 29.2 Å². The fourth-order valence-electron chi connectivity index (χ4n) is 0.839. The Morgan fingerprint density at radius 2 is 2.30 bits per heavy atom. The van der Waals surface area contributed by atoms with Crippen molar-refractivity contribution in [2.75, 3.05) is 0 Å². The van der Waals surface area contributed by atoms with Gasteiger partial charge in [0.1, 0.15) is 0 Å². The topological polar surface area (TPSA) is 26.0 Å². The Labute approximate surface area is 65.8 Å². The number of hydrogen-bond donors (Lipinski definition) is 1. The minimum Gasteiger partial charge on any atom is -0.274 e. The summed E-state index contributed by atoms with van der Waals surface area (Å²) in [7, 11) is 0. The highest BCUT2D eigenvalue weighted by molar-refractivity contribution is 7.97. The molecule has 0 unspecified atom stereocenters. The molecule has 1 aromatic rings. The SMILES string of the molecule is CCc1cccc(SN)c1. The summed E-state index contributed by atoms with van der Waals surface area (Å²) >= 11 is 1.30. The van der Waals surface area contributed by atoms with E-state index in [2.05, 4.69) is 19.1 Å². The third-order valence-corrected chi connectivity index (χ3v) is 1.97. The molecule has 0 radical (unpaired) electrons. The molecule has 1 aromatic carbocycles. The summed E-state index contributed by atoms with van der Waals surface area (Å²) in [5.74, 6) is 0. The van der Waals surface area contributed by atoms with Crippen LogP contribution in [-0.2, 0) is 6.42 Å². The Morgan fingerprint density at radius 3 is 2.90 bits per heavy atom. The number of nitrogens with two attached hydrogens (primary N) is 1. The van der Waals surface area contributed by atoms with E-state index < -0.39 is 0 Å². The van der Waals surface area contributed by atoms with Gasteiger partial charge in [0.05, 0.1) is 0 Å². The van der Waals surface area contributed by atoms with Crippen molar-refractivity contribution in [1.29, 1.82) is 0 Å². The maximum Gasteiger partial charge on any atom is 0.0228 e. The normalized spacial score (nSPS) is 9.80. The Morgan fingerprint density at radius 1 is 1.50 bits per heavy atom. The van der Waals surface area contributed by atoms with Crippen LogP contribution in [-0.4, -0.2) is 0 Å². The van der Waals surface area contributed by atoms with Crippen molar-refractivity contribution in [3.8, 4) is 0 Å². The van der Waals surface area contributed by atoms with Crippen LogP contribution in [0.4, 0.5) is 0 Å². The Balaban J connectivity index is 2.87. The minimum absolute atomic E-state index is 1.08. The number of aryl methyl sites for hydroxylation is 1. The Hall–Kier alpha value is -0.470. The van der Waals surface area contributed by atoms with E-state index in [1.165, 1.54) is 17.5 Å². The maximum absolute atomic E-state index is 5.39. The molecule has 2 N–H and O–H groups in total. The van der Waals surface area contributed by atoms with Gasteiger partial charge < -0.3 is 0 Å². The summed E-state index contributed by atoms with van der Waals surface area (Å²) in [6.07, 6.45) is 1.08. The first-order valence-corrected chi connectivity index (χ1v) is 4.20. The van der Waals surface area contributed by atoms with E-state index in [1.807, 2.05) is 12.1 Å². The number of benzene rings is 1. The summed E-state index contributed by atoms with van der Waals surface area (Å²) in [5.41, 5.74) is 1.34. The second-order valence-corrected chi connectivity index (χ2v) is 2.83. The van der Waals surface area contributed by atoms with Crippen LogP contribution in [0.5, 0.6) is 0 Å². The molecule has 0 atom stereocenters. The van der Waals surface area contributed by atoms with Crippen LogP contribution in [0.3, 0.4) is 0 Å². The average molecular weight is 153 g/mol. The monoisotopic (exact) mass is 153 g/mol. The largest absolute Gasteiger partial charge is 0.274 e. The fourth-order valence-corrected chi connectivity index (χ4v) is 1.22. The second-order valence-electron chi connectivity index (χ2n) is 2.12. The molecule has 0 fully saturated rings. The molecule has 0 bridgehead atoms. The zero-order valence-corrected chi connectivity index (χ0v) is 6.82. The molecule has 1 nitrogen and oxygen atoms in total. The van der Waals surface area contributed by atoms with Gasteiger partial charge in [-0.1, -0.05) is 19.1 Å². The Kier molecular flexibility index (Phi) is 2.78. The highest BCUT2D eigenvalue weighted by atomic mass is 32.2. The van der Waals surface area contributed by atoms with Crippen molar-refractivity contribution in [1.82, 2.24) is 0 Å². The number of rotatable bonds is 2. The van der Waals surface area contributed by atoms with E-state index in [0.717, 1.165) is 11.3 Å². The molecule has 2 heteroatoms. The molecule has 0 heterocycles. The molecule has 0 saturated carbocycles. The van der Waals surface area contributed by atoms with Gasteiger partial charge in [-0.2, -0.15) is 0 Å². The van der Waals surface area contributed by atoms with Crippen LogP contribution in [0.1, 0.15) is 12.5 Å². The van der Waals surface area contributed by atoms with Crippen molar-refractivity contribution in [3.63, 3.8) is 0 Å². The van der Waals surface area contributed by atoms with E-state index >= 15 is 0 Å². The molecule has 0 saturated heterocycles. The first-order chi connectivity index (χ1) is 4.86. The lowest BCUT2D eigenvalue weighted by Crippen LogP contribution is -1.82. The molecule has 0 aliphatic rings. The van der Waals surface area contributed by atoms with Gasteiger partial charge in [0.25, 0.3) is 0 Å². The molecule has 1 rings (SSSR count). The maximum atomic E-state index is 5.39. The lowest BCUT2D eigenvalue weighted by Gasteiger charge is -1.97. The van der Waals surface area contributed by atoms with Gasteiger partial charge >= 0.3 is 0 Å². The van der Waals surface area contributed by atoms with Crippen LogP contribution in [0, 0.1) is 0 Å². The molecule has 0 aliphatic heterocycles. The molecule has 0 aliphatic carbocycles. The van der Waals surface area contributed by atoms with Crippen LogP contribution in [0.25, 0.3) is 0 Å². The minimum atomic E-state index is 1.08. The van der Waals surface area contributed by atoms with Gasteiger partial charge in [-0.05, 0) is 36.1 Å². The molecule has 10 heavy (non-hydrogen) atoms. The highest BCUT2D eigenvalue weighted by Gasteiger charge is 1.90. The van der Waals surface area contributed by atoms with E-state index in [9.17, 15) is 0 Å². The van der Waals surface area contributed by atoms with Crippen molar-refractivity contribution in [3.05, 3.63) is 29.8 Å². The first-order valence-electron chi connectivity index (χ1n) is 3.32. The van der Waals surface area contributed by atoms with Crippen molar-refractivity contribution >= 4 is 11.9 Å². The van der Waals surface area contributed by atoms with Gasteiger partial charge in [-0.3, -0.25) is 5.14 Å². The van der Waals surface area contributed by atoms with E-state index in [1.54, 1.807) is 0 Å². The molecule has 0 spiro atoms. The van der Waals surface area contributed by atoms with E-state index in [4.69, 9.17) is 5.14 Å². The average Bonchev–Trinajstić information content (AvgIpc) is 2.05. The summed E-state index contributed by atoms with van der Waals surface area (Å²) in [6, 6.07) is 8.28. The van der Waals surface area contributed by atoms with Gasteiger partial charge in [-0.25, -0.2) is 0 Å². The van der Waals surface area contributed by atoms with Gasteiger partial charge in [-0.15, -0.1) is 0 Å². The fraction of sp³-hybridized carbons (Fsp3) is 0.250. The van der Waals surface area contributed by atoms with Crippen molar-refractivity contribution < 1.29 is 0 Å². The van der Waals surface area contributed by atoms with Crippen LogP contribution < -0.4 is 5.14 Å². The van der Waals surface area contributed by atoms with Crippen LogP contribution >= 0.6 is 11.9 Å². The van der Waals surface area contributed by atoms with Gasteiger partial charge in [0, 0.05) is 4.90 Å². The standard InChI is InChI=1S/C8H11NS/c1-2-7-4-3-5-8(6-7)10-9/h3-6H,2,9H2,1H3. The molecule has 0 amide bonds. The zero-order valence-electron chi connectivity index (χ0n) is 6.00. The van der Waals surface area contributed by atoms with Crippen molar-refractivity contribution in [2.45, 2.75) is 18.2 Å². The quantitative estimate of drug-likeness (QED) is 0.659. The molecular weight excluding hydrogens is 142 g/mol.